The van der Waals surface area contributed by atoms with Crippen molar-refractivity contribution in [1.82, 2.24) is 14.9 Å². The van der Waals surface area contributed by atoms with Crippen LogP contribution in [0, 0.1) is 6.92 Å². The Bertz CT molecular complexity index is 1140. The van der Waals surface area contributed by atoms with E-state index >= 15 is 0 Å². The highest BCUT2D eigenvalue weighted by atomic mass is 32.1. The number of hydrogen-bond acceptors (Lipinski definition) is 6. The van der Waals surface area contributed by atoms with Crippen LogP contribution in [0.15, 0.2) is 42.6 Å². The molecule has 4 rings (SSSR count). The molecule has 1 aliphatic rings. The van der Waals surface area contributed by atoms with Crippen LogP contribution in [0.25, 0.3) is 22.0 Å². The smallest absolute Gasteiger partial charge is 0.268 e. The summed E-state index contributed by atoms with van der Waals surface area (Å²) in [5.41, 5.74) is 3.12. The fourth-order valence-electron chi connectivity index (χ4n) is 3.79. The maximum atomic E-state index is 12.9. The van der Waals surface area contributed by atoms with Crippen molar-refractivity contribution in [1.29, 1.82) is 0 Å². The Morgan fingerprint density at radius 1 is 1.22 bits per heavy atom. The average Bonchev–Trinajstić information content (AvgIpc) is 3.19. The zero-order chi connectivity index (χ0) is 22.8. The summed E-state index contributed by atoms with van der Waals surface area (Å²) in [5.74, 6) is 0.279. The van der Waals surface area contributed by atoms with Crippen molar-refractivity contribution in [3.63, 3.8) is 0 Å². The van der Waals surface area contributed by atoms with E-state index < -0.39 is 6.10 Å². The number of thiazole rings is 1. The van der Waals surface area contributed by atoms with Crippen LogP contribution in [0.4, 0.5) is 5.69 Å². The van der Waals surface area contributed by atoms with Crippen LogP contribution in [0.3, 0.4) is 0 Å². The van der Waals surface area contributed by atoms with Gasteiger partial charge in [-0.15, -0.1) is 11.3 Å². The molecule has 1 aromatic carbocycles. The minimum Gasteiger partial charge on any atom is -0.479 e. The maximum absolute atomic E-state index is 12.9. The first kappa shape index (κ1) is 22.0. The van der Waals surface area contributed by atoms with Crippen LogP contribution in [0.2, 0.25) is 0 Å². The number of fused-ring (bicyclic) bond motifs is 1. The molecule has 2 amide bonds. The van der Waals surface area contributed by atoms with Gasteiger partial charge in [0.25, 0.3) is 5.91 Å². The van der Waals surface area contributed by atoms with E-state index in [0.29, 0.717) is 24.5 Å². The molecule has 3 heterocycles. The molecule has 8 heteroatoms. The summed E-state index contributed by atoms with van der Waals surface area (Å²) in [5, 5.41) is 0.838. The van der Waals surface area contributed by atoms with E-state index in [1.807, 2.05) is 57.2 Å². The van der Waals surface area contributed by atoms with E-state index in [1.165, 1.54) is 4.90 Å². The number of carbonyl (C=O) groups excluding carboxylic acids is 2. The zero-order valence-electron chi connectivity index (χ0n) is 18.7. The minimum absolute atomic E-state index is 0.0140. The van der Waals surface area contributed by atoms with Gasteiger partial charge >= 0.3 is 0 Å². The number of benzene rings is 1. The first-order valence-corrected chi connectivity index (χ1v) is 11.5. The molecule has 0 N–H and O–H groups in total. The first-order chi connectivity index (χ1) is 15.4. The summed E-state index contributed by atoms with van der Waals surface area (Å²) in [6, 6.07) is 11.4. The Morgan fingerprint density at radius 2 is 2.00 bits per heavy atom. The SMILES string of the molecule is CCN(CC)C(=O)CN1C(=O)C(C)Oc2ccc(-c3nc(-c4ccccn4)sc3C)cc21. The second kappa shape index (κ2) is 9.08. The second-order valence-corrected chi connectivity index (χ2v) is 8.77. The number of likely N-dealkylation sites (N-methyl/N-ethyl adjacent to an activating group) is 1. The largest absolute Gasteiger partial charge is 0.479 e. The van der Waals surface area contributed by atoms with Crippen molar-refractivity contribution < 1.29 is 14.3 Å². The summed E-state index contributed by atoms with van der Waals surface area (Å²) in [4.78, 5) is 39.2. The van der Waals surface area contributed by atoms with Gasteiger partial charge in [0.2, 0.25) is 5.91 Å². The lowest BCUT2D eigenvalue weighted by Gasteiger charge is -2.34. The van der Waals surface area contributed by atoms with Crippen LogP contribution < -0.4 is 9.64 Å². The maximum Gasteiger partial charge on any atom is 0.268 e. The molecule has 0 bridgehead atoms. The molecule has 2 aromatic heterocycles. The van der Waals surface area contributed by atoms with E-state index in [4.69, 9.17) is 9.72 Å². The predicted octanol–water partition coefficient (Wildman–Crippen LogP) is 4.16. The molecule has 0 radical (unpaired) electrons. The number of hydrogen-bond donors (Lipinski definition) is 0. The van der Waals surface area contributed by atoms with E-state index in [1.54, 1.807) is 29.4 Å². The number of ether oxygens (including phenoxy) is 1. The number of anilines is 1. The number of carbonyl (C=O) groups is 2. The fraction of sp³-hybridized carbons (Fsp3) is 0.333. The highest BCUT2D eigenvalue weighted by Gasteiger charge is 2.34. The monoisotopic (exact) mass is 450 g/mol. The molecular weight excluding hydrogens is 424 g/mol. The Labute approximate surface area is 191 Å². The van der Waals surface area contributed by atoms with Gasteiger partial charge in [0, 0.05) is 29.7 Å². The number of amides is 2. The van der Waals surface area contributed by atoms with Gasteiger partial charge < -0.3 is 9.64 Å². The average molecular weight is 451 g/mol. The number of nitrogens with zero attached hydrogens (tertiary/aromatic N) is 4. The van der Waals surface area contributed by atoms with Gasteiger partial charge in [-0.3, -0.25) is 19.5 Å². The molecule has 166 valence electrons. The van der Waals surface area contributed by atoms with Gasteiger partial charge in [0.05, 0.1) is 17.1 Å². The Hall–Kier alpha value is -3.26. The summed E-state index contributed by atoms with van der Waals surface area (Å²) in [7, 11) is 0. The van der Waals surface area contributed by atoms with Crippen molar-refractivity contribution >= 4 is 28.8 Å². The standard InChI is InChI=1S/C24H26N4O3S/c1-5-27(6-2)21(29)14-28-19-13-17(10-11-20(19)31-15(3)24(28)30)22-16(4)32-23(26-22)18-9-7-8-12-25-18/h7-13,15H,5-6,14H2,1-4H3. The highest BCUT2D eigenvalue weighted by Crippen LogP contribution is 2.39. The molecule has 3 aromatic rings. The summed E-state index contributed by atoms with van der Waals surface area (Å²) >= 11 is 1.58. The number of rotatable bonds is 6. The van der Waals surface area contributed by atoms with Crippen molar-refractivity contribution in [2.45, 2.75) is 33.8 Å². The molecule has 0 spiro atoms. The number of aromatic nitrogens is 2. The van der Waals surface area contributed by atoms with E-state index in [9.17, 15) is 9.59 Å². The Balaban J connectivity index is 1.72. The molecule has 32 heavy (non-hydrogen) atoms. The van der Waals surface area contributed by atoms with E-state index in [2.05, 4.69) is 4.98 Å². The molecular formula is C24H26N4O3S. The van der Waals surface area contributed by atoms with Crippen molar-refractivity contribution in [2.24, 2.45) is 0 Å². The van der Waals surface area contributed by atoms with Gasteiger partial charge in [-0.1, -0.05) is 6.07 Å². The molecule has 0 fully saturated rings. The molecule has 0 saturated heterocycles. The number of aryl methyl sites for hydroxylation is 1. The lowest BCUT2D eigenvalue weighted by Crippen LogP contribution is -2.49. The van der Waals surface area contributed by atoms with E-state index in [-0.39, 0.29) is 18.4 Å². The van der Waals surface area contributed by atoms with Gasteiger partial charge in [-0.25, -0.2) is 4.98 Å². The van der Waals surface area contributed by atoms with Crippen LogP contribution in [0.5, 0.6) is 5.75 Å². The molecule has 1 aliphatic heterocycles. The minimum atomic E-state index is -0.644. The summed E-state index contributed by atoms with van der Waals surface area (Å²) < 4.78 is 5.82. The zero-order valence-corrected chi connectivity index (χ0v) is 19.5. The molecule has 7 nitrogen and oxygen atoms in total. The highest BCUT2D eigenvalue weighted by molar-refractivity contribution is 7.15. The molecule has 1 atom stereocenters. The molecule has 0 saturated carbocycles. The van der Waals surface area contributed by atoms with Gasteiger partial charge in [0.15, 0.2) is 6.10 Å². The van der Waals surface area contributed by atoms with Gasteiger partial charge in [0.1, 0.15) is 17.3 Å². The molecule has 1 unspecified atom stereocenters. The van der Waals surface area contributed by atoms with E-state index in [0.717, 1.165) is 26.8 Å². The van der Waals surface area contributed by atoms with Crippen LogP contribution in [0.1, 0.15) is 25.6 Å². The summed E-state index contributed by atoms with van der Waals surface area (Å²) in [6.45, 7) is 8.78. The van der Waals surface area contributed by atoms with Crippen molar-refractivity contribution in [3.8, 4) is 27.7 Å². The third-order valence-corrected chi connectivity index (χ3v) is 6.52. The lowest BCUT2D eigenvalue weighted by atomic mass is 10.1. The van der Waals surface area contributed by atoms with Crippen molar-refractivity contribution in [2.75, 3.05) is 24.5 Å². The normalized spacial score (nSPS) is 15.3. The van der Waals surface area contributed by atoms with Crippen LogP contribution in [-0.4, -0.2) is 52.4 Å². The fourth-order valence-corrected chi connectivity index (χ4v) is 4.70. The quantitative estimate of drug-likeness (QED) is 0.564. The van der Waals surface area contributed by atoms with Crippen LogP contribution >= 0.6 is 11.3 Å². The Kier molecular flexibility index (Phi) is 6.23. The predicted molar refractivity (Wildman–Crippen MR) is 126 cm³/mol. The topological polar surface area (TPSA) is 75.6 Å². The third-order valence-electron chi connectivity index (χ3n) is 5.53. The number of pyridine rings is 1. The van der Waals surface area contributed by atoms with Crippen LogP contribution in [-0.2, 0) is 9.59 Å². The summed E-state index contributed by atoms with van der Waals surface area (Å²) in [6.07, 6.45) is 1.11. The third kappa shape index (κ3) is 4.10. The molecule has 0 aliphatic carbocycles. The Morgan fingerprint density at radius 3 is 2.69 bits per heavy atom. The van der Waals surface area contributed by atoms with Gasteiger partial charge in [-0.05, 0) is 58.0 Å². The van der Waals surface area contributed by atoms with Crippen molar-refractivity contribution in [3.05, 3.63) is 47.5 Å². The second-order valence-electron chi connectivity index (χ2n) is 7.57. The lowest BCUT2D eigenvalue weighted by molar-refractivity contribution is -0.132. The van der Waals surface area contributed by atoms with Gasteiger partial charge in [-0.2, -0.15) is 0 Å². The first-order valence-electron chi connectivity index (χ1n) is 10.7.